The lowest BCUT2D eigenvalue weighted by atomic mass is 10.2. The summed E-state index contributed by atoms with van der Waals surface area (Å²) in [6, 6.07) is 9.94. The van der Waals surface area contributed by atoms with Gasteiger partial charge in [-0.05, 0) is 33.6 Å². The van der Waals surface area contributed by atoms with Gasteiger partial charge in [0.2, 0.25) is 10.0 Å². The van der Waals surface area contributed by atoms with Crippen molar-refractivity contribution in [2.24, 2.45) is 0 Å². The Hall–Kier alpha value is -1.99. The molecule has 7 heteroatoms. The molecule has 2 aromatic rings. The van der Waals surface area contributed by atoms with E-state index in [1.54, 1.807) is 33.2 Å². The highest BCUT2D eigenvalue weighted by atomic mass is 32.2. The number of unbranched alkanes of at least 4 members (excludes halogenated alkanes) is 2. The van der Waals surface area contributed by atoms with Crippen molar-refractivity contribution in [1.82, 2.24) is 14.7 Å². The average Bonchev–Trinajstić information content (AvgIpc) is 2.61. The minimum Gasteiger partial charge on any atom is -0.369 e. The van der Waals surface area contributed by atoms with Gasteiger partial charge in [-0.25, -0.2) is 18.1 Å². The molecule has 0 bridgehead atoms. The number of sulfonamides is 1. The van der Waals surface area contributed by atoms with Crippen molar-refractivity contribution in [3.8, 4) is 11.3 Å². The molecular weight excluding hydrogens is 348 g/mol. The van der Waals surface area contributed by atoms with E-state index < -0.39 is 14.8 Å². The van der Waals surface area contributed by atoms with Gasteiger partial charge in [0, 0.05) is 18.7 Å². The SMILES string of the molecule is CC(C)(C)S(=O)(=O)NCCCCCNc1cnc(-c2ccccc2)cn1. The lowest BCUT2D eigenvalue weighted by molar-refractivity contribution is 0.540. The lowest BCUT2D eigenvalue weighted by Gasteiger charge is -2.19. The van der Waals surface area contributed by atoms with E-state index in [1.165, 1.54) is 0 Å². The first kappa shape index (κ1) is 20.3. The molecule has 1 heterocycles. The van der Waals surface area contributed by atoms with Gasteiger partial charge in [0.1, 0.15) is 5.82 Å². The Morgan fingerprint density at radius 2 is 1.62 bits per heavy atom. The molecule has 0 atom stereocenters. The van der Waals surface area contributed by atoms with Gasteiger partial charge in [-0.2, -0.15) is 0 Å². The molecule has 0 unspecified atom stereocenters. The van der Waals surface area contributed by atoms with E-state index in [0.29, 0.717) is 6.54 Å². The van der Waals surface area contributed by atoms with E-state index >= 15 is 0 Å². The van der Waals surface area contributed by atoms with Crippen molar-refractivity contribution in [2.45, 2.75) is 44.8 Å². The topological polar surface area (TPSA) is 84.0 Å². The minimum atomic E-state index is -3.24. The normalized spacial score (nSPS) is 12.1. The van der Waals surface area contributed by atoms with E-state index in [9.17, 15) is 8.42 Å². The van der Waals surface area contributed by atoms with Gasteiger partial charge < -0.3 is 5.32 Å². The summed E-state index contributed by atoms with van der Waals surface area (Å²) in [5, 5.41) is 3.24. The summed E-state index contributed by atoms with van der Waals surface area (Å²) in [5.74, 6) is 0.748. The highest BCUT2D eigenvalue weighted by Gasteiger charge is 2.27. The van der Waals surface area contributed by atoms with Crippen LogP contribution in [-0.2, 0) is 10.0 Å². The van der Waals surface area contributed by atoms with Crippen LogP contribution in [0.1, 0.15) is 40.0 Å². The van der Waals surface area contributed by atoms with Crippen molar-refractivity contribution >= 4 is 15.8 Å². The summed E-state index contributed by atoms with van der Waals surface area (Å²) in [5.41, 5.74) is 1.89. The molecule has 0 radical (unpaired) electrons. The van der Waals surface area contributed by atoms with Gasteiger partial charge in [0.25, 0.3) is 0 Å². The first-order valence-corrected chi connectivity index (χ1v) is 10.4. The smallest absolute Gasteiger partial charge is 0.216 e. The summed E-state index contributed by atoms with van der Waals surface area (Å²) in [6.45, 7) is 6.35. The second kappa shape index (κ2) is 9.09. The quantitative estimate of drug-likeness (QED) is 0.655. The number of aromatic nitrogens is 2. The number of rotatable bonds is 9. The van der Waals surface area contributed by atoms with Crippen LogP contribution < -0.4 is 10.0 Å². The number of hydrogen-bond acceptors (Lipinski definition) is 5. The zero-order valence-electron chi connectivity index (χ0n) is 15.7. The fourth-order valence-electron chi connectivity index (χ4n) is 2.24. The Bertz CT molecular complexity index is 769. The van der Waals surface area contributed by atoms with E-state index in [1.807, 2.05) is 30.3 Å². The third-order valence-corrected chi connectivity index (χ3v) is 6.18. The number of anilines is 1. The van der Waals surface area contributed by atoms with E-state index in [4.69, 9.17) is 0 Å². The largest absolute Gasteiger partial charge is 0.369 e. The van der Waals surface area contributed by atoms with Crippen LogP contribution in [-0.4, -0.2) is 36.2 Å². The van der Waals surface area contributed by atoms with Crippen molar-refractivity contribution in [1.29, 1.82) is 0 Å². The van der Waals surface area contributed by atoms with Crippen LogP contribution in [0.2, 0.25) is 0 Å². The van der Waals surface area contributed by atoms with Crippen LogP contribution in [0.3, 0.4) is 0 Å². The van der Waals surface area contributed by atoms with E-state index in [0.717, 1.165) is 42.9 Å². The predicted octanol–water partition coefficient (Wildman–Crippen LogP) is 3.44. The van der Waals surface area contributed by atoms with Crippen LogP contribution in [0.4, 0.5) is 5.82 Å². The molecule has 26 heavy (non-hydrogen) atoms. The molecule has 0 fully saturated rings. The molecule has 1 aromatic carbocycles. The molecule has 2 rings (SSSR count). The zero-order valence-corrected chi connectivity index (χ0v) is 16.5. The molecule has 0 aliphatic heterocycles. The Balaban J connectivity index is 1.65. The third kappa shape index (κ3) is 6.07. The summed E-state index contributed by atoms with van der Waals surface area (Å²) in [6.07, 6.45) is 6.20. The second-order valence-corrected chi connectivity index (χ2v) is 9.67. The van der Waals surface area contributed by atoms with Crippen molar-refractivity contribution in [3.63, 3.8) is 0 Å². The highest BCUT2D eigenvalue weighted by Crippen LogP contribution is 2.16. The zero-order chi connectivity index (χ0) is 19.0. The molecule has 0 saturated heterocycles. The van der Waals surface area contributed by atoms with Gasteiger partial charge in [-0.15, -0.1) is 0 Å². The third-order valence-electron chi connectivity index (χ3n) is 3.98. The molecule has 2 N–H and O–H groups in total. The summed E-state index contributed by atoms with van der Waals surface area (Å²) in [7, 11) is -3.24. The maximum Gasteiger partial charge on any atom is 0.216 e. The number of benzene rings is 1. The Kier molecular flexibility index (Phi) is 7.11. The fourth-order valence-corrected chi connectivity index (χ4v) is 3.09. The van der Waals surface area contributed by atoms with Gasteiger partial charge >= 0.3 is 0 Å². The molecule has 0 saturated carbocycles. The van der Waals surface area contributed by atoms with E-state index in [2.05, 4.69) is 20.0 Å². The summed E-state index contributed by atoms with van der Waals surface area (Å²) < 4.78 is 25.7. The minimum absolute atomic E-state index is 0.477. The van der Waals surface area contributed by atoms with Crippen LogP contribution in [0, 0.1) is 0 Å². The van der Waals surface area contributed by atoms with Crippen LogP contribution >= 0.6 is 0 Å². The van der Waals surface area contributed by atoms with Crippen LogP contribution in [0.5, 0.6) is 0 Å². The van der Waals surface area contributed by atoms with Gasteiger partial charge in [-0.1, -0.05) is 36.8 Å². The molecule has 142 valence electrons. The van der Waals surface area contributed by atoms with E-state index in [-0.39, 0.29) is 0 Å². The standard InChI is InChI=1S/C19H28N4O2S/c1-19(2,3)26(24,25)23-13-9-5-8-12-20-18-15-21-17(14-22-18)16-10-6-4-7-11-16/h4,6-7,10-11,14-15,23H,5,8-9,12-13H2,1-3H3,(H,20,22). The lowest BCUT2D eigenvalue weighted by Crippen LogP contribution is -2.39. The van der Waals surface area contributed by atoms with Crippen molar-refractivity contribution in [2.75, 3.05) is 18.4 Å². The fraction of sp³-hybridized carbons (Fsp3) is 0.474. The molecule has 0 aliphatic carbocycles. The first-order chi connectivity index (χ1) is 12.3. The molecule has 0 spiro atoms. The molecular formula is C19H28N4O2S. The average molecular weight is 377 g/mol. The van der Waals surface area contributed by atoms with Crippen molar-refractivity contribution in [3.05, 3.63) is 42.7 Å². The Morgan fingerprint density at radius 1 is 0.923 bits per heavy atom. The Labute approximate surface area is 156 Å². The van der Waals surface area contributed by atoms with Crippen LogP contribution in [0.25, 0.3) is 11.3 Å². The molecule has 0 amide bonds. The van der Waals surface area contributed by atoms with Gasteiger partial charge in [0.05, 0.1) is 22.8 Å². The molecule has 0 aliphatic rings. The first-order valence-electron chi connectivity index (χ1n) is 8.90. The monoisotopic (exact) mass is 376 g/mol. The molecule has 1 aromatic heterocycles. The predicted molar refractivity (Wildman–Crippen MR) is 106 cm³/mol. The maximum absolute atomic E-state index is 11.9. The van der Waals surface area contributed by atoms with Crippen molar-refractivity contribution < 1.29 is 8.42 Å². The Morgan fingerprint density at radius 3 is 2.23 bits per heavy atom. The highest BCUT2D eigenvalue weighted by molar-refractivity contribution is 7.90. The number of nitrogens with zero attached hydrogens (tertiary/aromatic N) is 2. The van der Waals surface area contributed by atoms with Gasteiger partial charge in [-0.3, -0.25) is 4.98 Å². The number of nitrogens with one attached hydrogen (secondary N) is 2. The maximum atomic E-state index is 11.9. The van der Waals surface area contributed by atoms with Crippen LogP contribution in [0.15, 0.2) is 42.7 Å². The van der Waals surface area contributed by atoms with Gasteiger partial charge in [0.15, 0.2) is 0 Å². The summed E-state index contributed by atoms with van der Waals surface area (Å²) in [4.78, 5) is 8.81. The summed E-state index contributed by atoms with van der Waals surface area (Å²) >= 11 is 0. The molecule has 6 nitrogen and oxygen atoms in total. The second-order valence-electron chi connectivity index (χ2n) is 7.15. The number of hydrogen-bond donors (Lipinski definition) is 2.